The van der Waals surface area contributed by atoms with Crippen molar-refractivity contribution < 1.29 is 24.5 Å². The number of imide groups is 1. The van der Waals surface area contributed by atoms with Gasteiger partial charge in [-0.15, -0.1) is 0 Å². The lowest BCUT2D eigenvalue weighted by atomic mass is 9.90. The summed E-state index contributed by atoms with van der Waals surface area (Å²) < 4.78 is 5.49. The van der Waals surface area contributed by atoms with Gasteiger partial charge in [-0.3, -0.25) is 9.78 Å². The summed E-state index contributed by atoms with van der Waals surface area (Å²) in [5, 5.41) is 22.6. The van der Waals surface area contributed by atoms with Gasteiger partial charge in [-0.2, -0.15) is 0 Å². The lowest BCUT2D eigenvalue weighted by Gasteiger charge is -2.37. The molecule has 0 bridgehead atoms. The van der Waals surface area contributed by atoms with E-state index in [0.29, 0.717) is 5.56 Å². The average molecular weight is 535 g/mol. The van der Waals surface area contributed by atoms with E-state index >= 15 is 0 Å². The molecule has 9 nitrogen and oxygen atoms in total. The highest BCUT2D eigenvalue weighted by Crippen LogP contribution is 2.21. The number of pyridine rings is 1. The molecule has 5 atom stereocenters. The van der Waals surface area contributed by atoms with Crippen molar-refractivity contribution in [1.29, 1.82) is 0 Å². The van der Waals surface area contributed by atoms with E-state index < -0.39 is 42.3 Å². The van der Waals surface area contributed by atoms with Crippen molar-refractivity contribution in [2.24, 2.45) is 17.4 Å². The Hall–Kier alpha value is -3.63. The van der Waals surface area contributed by atoms with Crippen molar-refractivity contribution in [3.05, 3.63) is 102 Å². The molecule has 0 fully saturated rings. The number of carbonyl (C=O) groups is 2. The quantitative estimate of drug-likeness (QED) is 0.276. The van der Waals surface area contributed by atoms with Crippen LogP contribution in [-0.4, -0.2) is 62.4 Å². The molecule has 1 aromatic heterocycles. The zero-order valence-corrected chi connectivity index (χ0v) is 22.3. The van der Waals surface area contributed by atoms with Crippen LogP contribution in [0, 0.1) is 5.92 Å². The van der Waals surface area contributed by atoms with E-state index in [1.54, 1.807) is 38.4 Å². The Morgan fingerprint density at radius 2 is 1.41 bits per heavy atom. The van der Waals surface area contributed by atoms with E-state index in [9.17, 15) is 19.8 Å². The maximum Gasteiger partial charge on any atom is 0.417 e. The van der Waals surface area contributed by atoms with Crippen LogP contribution in [0.4, 0.5) is 4.79 Å². The number of benzene rings is 2. The van der Waals surface area contributed by atoms with Crippen LogP contribution < -0.4 is 11.5 Å². The fourth-order valence-electron chi connectivity index (χ4n) is 4.24. The second kappa shape index (κ2) is 14.5. The predicted molar refractivity (Wildman–Crippen MR) is 148 cm³/mol. The lowest BCUT2D eigenvalue weighted by molar-refractivity contribution is -0.138. The van der Waals surface area contributed by atoms with Crippen molar-refractivity contribution in [2.75, 3.05) is 0 Å². The average Bonchev–Trinajstić information content (AvgIpc) is 2.95. The zero-order valence-electron chi connectivity index (χ0n) is 22.3. The summed E-state index contributed by atoms with van der Waals surface area (Å²) in [6, 6.07) is 18.7. The van der Waals surface area contributed by atoms with E-state index in [0.717, 1.165) is 16.0 Å². The van der Waals surface area contributed by atoms with Crippen LogP contribution in [0.5, 0.6) is 0 Å². The fourth-order valence-corrected chi connectivity index (χ4v) is 4.24. The predicted octanol–water partition coefficient (Wildman–Crippen LogP) is 2.43. The lowest BCUT2D eigenvalue weighted by Crippen LogP contribution is -2.61. The number of hydrogen-bond donors (Lipinski definition) is 4. The van der Waals surface area contributed by atoms with Gasteiger partial charge >= 0.3 is 6.09 Å². The number of aliphatic hydroxyl groups excluding tert-OH is 2. The first-order chi connectivity index (χ1) is 18.7. The molecule has 0 radical (unpaired) electrons. The number of nitrogens with zero attached hydrogens (tertiary/aromatic N) is 2. The van der Waals surface area contributed by atoms with E-state index in [2.05, 4.69) is 4.98 Å². The Labute approximate surface area is 229 Å². The van der Waals surface area contributed by atoms with Crippen LogP contribution in [-0.2, 0) is 29.0 Å². The maximum atomic E-state index is 13.6. The largest absolute Gasteiger partial charge is 0.444 e. The van der Waals surface area contributed by atoms with Gasteiger partial charge in [0, 0.05) is 24.0 Å². The minimum absolute atomic E-state index is 0.0513. The summed E-state index contributed by atoms with van der Waals surface area (Å²) in [6.45, 7) is 3.38. The van der Waals surface area contributed by atoms with Crippen LogP contribution in [0.1, 0.15) is 30.5 Å². The SMILES string of the molecule is CC(C)[C@H](N)C(=O)N(C(=O)OCc1cccnc1)[C@@H](Cc1ccccc1)[C@@H](O)[C@@H](O)[C@@H](N)Cc1ccccc1. The van der Waals surface area contributed by atoms with Crippen LogP contribution in [0.25, 0.3) is 0 Å². The monoisotopic (exact) mass is 534 g/mol. The van der Waals surface area contributed by atoms with Crippen LogP contribution in [0.3, 0.4) is 0 Å². The van der Waals surface area contributed by atoms with Crippen LogP contribution in [0.15, 0.2) is 85.2 Å². The van der Waals surface area contributed by atoms with E-state index in [4.69, 9.17) is 16.2 Å². The number of hydrogen-bond acceptors (Lipinski definition) is 8. The molecule has 1 heterocycles. The number of carbonyl (C=O) groups excluding carboxylic acids is 2. The highest BCUT2D eigenvalue weighted by molar-refractivity contribution is 5.95. The van der Waals surface area contributed by atoms with Gasteiger partial charge in [0.2, 0.25) is 5.91 Å². The van der Waals surface area contributed by atoms with Gasteiger partial charge in [0.1, 0.15) is 12.7 Å². The van der Waals surface area contributed by atoms with E-state index in [1.165, 1.54) is 0 Å². The molecular formula is C30H38N4O5. The molecule has 0 aliphatic heterocycles. The van der Waals surface area contributed by atoms with Gasteiger partial charge in [0.15, 0.2) is 0 Å². The third kappa shape index (κ3) is 8.43. The van der Waals surface area contributed by atoms with Gasteiger partial charge in [0.25, 0.3) is 0 Å². The minimum Gasteiger partial charge on any atom is -0.444 e. The topological polar surface area (TPSA) is 152 Å². The number of aromatic nitrogens is 1. The molecule has 3 rings (SSSR count). The zero-order chi connectivity index (χ0) is 28.4. The highest BCUT2D eigenvalue weighted by atomic mass is 16.6. The van der Waals surface area contributed by atoms with Gasteiger partial charge < -0.3 is 26.4 Å². The molecule has 0 aliphatic rings. The third-order valence-electron chi connectivity index (χ3n) is 6.64. The number of rotatable bonds is 12. The Kier molecular flexibility index (Phi) is 11.1. The van der Waals surface area contributed by atoms with Gasteiger partial charge in [-0.25, -0.2) is 9.69 Å². The van der Waals surface area contributed by atoms with Gasteiger partial charge in [-0.05, 0) is 36.0 Å². The number of nitrogens with two attached hydrogens (primary N) is 2. The molecule has 3 aromatic rings. The Morgan fingerprint density at radius 3 is 1.95 bits per heavy atom. The van der Waals surface area contributed by atoms with Crippen molar-refractivity contribution in [2.45, 2.75) is 63.6 Å². The molecule has 0 aliphatic carbocycles. The summed E-state index contributed by atoms with van der Waals surface area (Å²) in [7, 11) is 0. The summed E-state index contributed by atoms with van der Waals surface area (Å²) in [6.07, 6.45) is -0.563. The number of aliphatic hydroxyl groups is 2. The molecule has 2 aromatic carbocycles. The second-order valence-electron chi connectivity index (χ2n) is 9.99. The summed E-state index contributed by atoms with van der Waals surface area (Å²) >= 11 is 0. The van der Waals surface area contributed by atoms with Crippen LogP contribution >= 0.6 is 0 Å². The molecule has 208 valence electrons. The molecule has 0 saturated carbocycles. The van der Waals surface area contributed by atoms with Crippen LogP contribution in [0.2, 0.25) is 0 Å². The number of ether oxygens (including phenoxy) is 1. The minimum atomic E-state index is -1.59. The molecule has 0 unspecified atom stereocenters. The molecule has 9 heteroatoms. The molecule has 2 amide bonds. The van der Waals surface area contributed by atoms with Crippen molar-refractivity contribution in [3.63, 3.8) is 0 Å². The van der Waals surface area contributed by atoms with E-state index in [1.807, 2.05) is 60.7 Å². The third-order valence-corrected chi connectivity index (χ3v) is 6.64. The summed E-state index contributed by atoms with van der Waals surface area (Å²) in [5.74, 6) is -1.02. The maximum absolute atomic E-state index is 13.6. The standard InChI is InChI=1S/C30H38N4O5/c1-20(2)26(32)29(37)34(30(38)39-19-23-14-9-15-33-18-23)25(17-22-12-7-4-8-13-22)28(36)27(35)24(31)16-21-10-5-3-6-11-21/h3-15,18,20,24-28,35-36H,16-17,19,31-32H2,1-2H3/t24-,25-,26-,27-,28+/m0/s1. The van der Waals surface area contributed by atoms with Crippen molar-refractivity contribution >= 4 is 12.0 Å². The first-order valence-corrected chi connectivity index (χ1v) is 13.0. The Bertz CT molecular complexity index is 1160. The number of amides is 2. The first kappa shape index (κ1) is 29.9. The first-order valence-electron chi connectivity index (χ1n) is 13.0. The molecule has 0 saturated heterocycles. The van der Waals surface area contributed by atoms with Crippen molar-refractivity contribution in [1.82, 2.24) is 9.88 Å². The molecule has 39 heavy (non-hydrogen) atoms. The normalized spacial score (nSPS) is 15.2. The van der Waals surface area contributed by atoms with Gasteiger partial charge in [0.05, 0.1) is 18.2 Å². The molecular weight excluding hydrogens is 496 g/mol. The van der Waals surface area contributed by atoms with Gasteiger partial charge in [-0.1, -0.05) is 80.6 Å². The molecule has 0 spiro atoms. The summed E-state index contributed by atoms with van der Waals surface area (Å²) in [4.78, 5) is 32.0. The highest BCUT2D eigenvalue weighted by Gasteiger charge is 2.42. The fraction of sp³-hybridized carbons (Fsp3) is 0.367. The van der Waals surface area contributed by atoms with E-state index in [-0.39, 0.29) is 25.4 Å². The van der Waals surface area contributed by atoms with Crippen molar-refractivity contribution in [3.8, 4) is 0 Å². The Morgan fingerprint density at radius 1 is 0.846 bits per heavy atom. The summed E-state index contributed by atoms with van der Waals surface area (Å²) in [5.41, 5.74) is 14.7. The molecule has 6 N–H and O–H groups in total. The second-order valence-corrected chi connectivity index (χ2v) is 9.99. The smallest absolute Gasteiger partial charge is 0.417 e. The Balaban J connectivity index is 1.94.